The van der Waals surface area contributed by atoms with Crippen LogP contribution in [0.1, 0.15) is 16.2 Å². The third-order valence-electron chi connectivity index (χ3n) is 2.96. The van der Waals surface area contributed by atoms with Gasteiger partial charge in [-0.15, -0.1) is 0 Å². The van der Waals surface area contributed by atoms with E-state index >= 15 is 0 Å². The van der Waals surface area contributed by atoms with Crippen molar-refractivity contribution in [2.75, 3.05) is 10.6 Å². The van der Waals surface area contributed by atoms with Gasteiger partial charge in [-0.2, -0.15) is 0 Å². The van der Waals surface area contributed by atoms with E-state index in [1.54, 1.807) is 13.0 Å². The Balaban J connectivity index is 1.75. The predicted molar refractivity (Wildman–Crippen MR) is 80.9 cm³/mol. The summed E-state index contributed by atoms with van der Waals surface area (Å²) in [6.45, 7) is 1.69. The summed E-state index contributed by atoms with van der Waals surface area (Å²) < 4.78 is 31.0. The molecule has 0 radical (unpaired) electrons. The molecule has 0 atom stereocenters. The van der Waals surface area contributed by atoms with Crippen LogP contribution in [0.3, 0.4) is 0 Å². The average Bonchev–Trinajstić information content (AvgIpc) is 2.96. The van der Waals surface area contributed by atoms with Gasteiger partial charge in [-0.1, -0.05) is 5.16 Å². The number of nitrogens with zero attached hydrogens (tertiary/aromatic N) is 3. The van der Waals surface area contributed by atoms with Gasteiger partial charge in [0.2, 0.25) is 0 Å². The third kappa shape index (κ3) is 3.51. The Morgan fingerprint density at radius 2 is 1.92 bits per heavy atom. The molecule has 2 aromatic heterocycles. The Bertz CT molecular complexity index is 897. The van der Waals surface area contributed by atoms with Crippen LogP contribution in [0.25, 0.3) is 0 Å². The molecule has 0 unspecified atom stereocenters. The summed E-state index contributed by atoms with van der Waals surface area (Å²) in [6, 6.07) is 6.23. The van der Waals surface area contributed by atoms with Gasteiger partial charge in [0.05, 0.1) is 0 Å². The minimum absolute atomic E-state index is 0.0655. The van der Waals surface area contributed by atoms with Crippen LogP contribution in [-0.4, -0.2) is 21.0 Å². The highest BCUT2D eigenvalue weighted by Crippen LogP contribution is 2.18. The number of aryl methyl sites for hydroxylation is 1. The number of carbonyl (C=O) groups is 1. The van der Waals surface area contributed by atoms with Crippen molar-refractivity contribution in [2.24, 2.45) is 0 Å². The lowest BCUT2D eigenvalue weighted by Crippen LogP contribution is -2.14. The fourth-order valence-electron chi connectivity index (χ4n) is 1.88. The Labute approximate surface area is 134 Å². The van der Waals surface area contributed by atoms with E-state index in [2.05, 4.69) is 25.8 Å². The van der Waals surface area contributed by atoms with Crippen LogP contribution >= 0.6 is 0 Å². The molecule has 3 rings (SSSR count). The number of halogens is 2. The summed E-state index contributed by atoms with van der Waals surface area (Å²) in [7, 11) is 0. The van der Waals surface area contributed by atoms with Crippen LogP contribution in [0.15, 0.2) is 41.2 Å². The SMILES string of the molecule is Cc1cc(NC(=O)c2cc(Nc3ccc(F)c(F)c3)ncn2)no1. The minimum Gasteiger partial charge on any atom is -0.360 e. The molecule has 3 aromatic rings. The number of carbonyl (C=O) groups excluding carboxylic acids is 1. The van der Waals surface area contributed by atoms with Gasteiger partial charge in [-0.3, -0.25) is 4.79 Å². The van der Waals surface area contributed by atoms with Crippen LogP contribution in [0.4, 0.5) is 26.1 Å². The average molecular weight is 331 g/mol. The topological polar surface area (TPSA) is 92.9 Å². The first-order chi connectivity index (χ1) is 11.5. The third-order valence-corrected chi connectivity index (χ3v) is 2.96. The van der Waals surface area contributed by atoms with Crippen LogP contribution in [0, 0.1) is 18.6 Å². The molecule has 0 fully saturated rings. The maximum Gasteiger partial charge on any atom is 0.275 e. The number of anilines is 3. The van der Waals surface area contributed by atoms with E-state index in [0.717, 1.165) is 12.1 Å². The standard InChI is InChI=1S/C15H11F2N5O2/c1-8-4-14(22-24-8)21-15(23)12-6-13(19-7-18-12)20-9-2-3-10(16)11(17)5-9/h2-7H,1H3,(H,18,19,20)(H,21,22,23). The second-order valence-corrected chi connectivity index (χ2v) is 4.82. The number of hydrogen-bond donors (Lipinski definition) is 2. The zero-order chi connectivity index (χ0) is 17.1. The molecule has 0 aliphatic carbocycles. The molecular formula is C15H11F2N5O2. The van der Waals surface area contributed by atoms with Crippen LogP contribution in [0.5, 0.6) is 0 Å². The highest BCUT2D eigenvalue weighted by atomic mass is 19.2. The number of nitrogens with one attached hydrogen (secondary N) is 2. The monoisotopic (exact) mass is 331 g/mol. The van der Waals surface area contributed by atoms with E-state index in [-0.39, 0.29) is 23.0 Å². The molecule has 1 aromatic carbocycles. The highest BCUT2D eigenvalue weighted by molar-refractivity contribution is 6.02. The molecule has 7 nitrogen and oxygen atoms in total. The molecule has 2 heterocycles. The molecule has 2 N–H and O–H groups in total. The Morgan fingerprint density at radius 3 is 2.62 bits per heavy atom. The van der Waals surface area contributed by atoms with Gasteiger partial charge in [0.15, 0.2) is 17.5 Å². The highest BCUT2D eigenvalue weighted by Gasteiger charge is 2.12. The van der Waals surface area contributed by atoms with Crippen molar-refractivity contribution in [3.8, 4) is 0 Å². The van der Waals surface area contributed by atoms with Crippen molar-refractivity contribution in [1.29, 1.82) is 0 Å². The molecule has 9 heteroatoms. The molecule has 0 saturated carbocycles. The summed E-state index contributed by atoms with van der Waals surface area (Å²) >= 11 is 0. The summed E-state index contributed by atoms with van der Waals surface area (Å²) in [4.78, 5) is 19.9. The number of rotatable bonds is 4. The summed E-state index contributed by atoms with van der Waals surface area (Å²) in [5, 5.41) is 8.92. The molecule has 0 aliphatic rings. The number of hydrogen-bond acceptors (Lipinski definition) is 6. The van der Waals surface area contributed by atoms with Gasteiger partial charge in [0.25, 0.3) is 5.91 Å². The summed E-state index contributed by atoms with van der Waals surface area (Å²) in [6.07, 6.45) is 1.17. The van der Waals surface area contributed by atoms with E-state index in [9.17, 15) is 13.6 Å². The summed E-state index contributed by atoms with van der Waals surface area (Å²) in [5.74, 6) is -1.41. The van der Waals surface area contributed by atoms with Crippen LogP contribution in [0.2, 0.25) is 0 Å². The van der Waals surface area contributed by atoms with Gasteiger partial charge in [-0.05, 0) is 19.1 Å². The van der Waals surface area contributed by atoms with Gasteiger partial charge < -0.3 is 15.2 Å². The molecule has 1 amide bonds. The van der Waals surface area contributed by atoms with Gasteiger partial charge >= 0.3 is 0 Å². The molecule has 0 bridgehead atoms. The van der Waals surface area contributed by atoms with Gasteiger partial charge in [-0.25, -0.2) is 18.7 Å². The van der Waals surface area contributed by atoms with Gasteiger partial charge in [0, 0.05) is 23.9 Å². The Hall–Kier alpha value is -3.36. The van der Waals surface area contributed by atoms with Crippen molar-refractivity contribution >= 4 is 23.2 Å². The van der Waals surface area contributed by atoms with Gasteiger partial charge in [0.1, 0.15) is 23.6 Å². The lowest BCUT2D eigenvalue weighted by molar-refractivity contribution is 0.102. The fraction of sp³-hybridized carbons (Fsp3) is 0.0667. The maximum absolute atomic E-state index is 13.2. The van der Waals surface area contributed by atoms with Crippen molar-refractivity contribution < 1.29 is 18.1 Å². The van der Waals surface area contributed by atoms with Crippen molar-refractivity contribution in [1.82, 2.24) is 15.1 Å². The lowest BCUT2D eigenvalue weighted by atomic mass is 10.3. The quantitative estimate of drug-likeness (QED) is 0.763. The second kappa shape index (κ2) is 6.41. The molecule has 0 saturated heterocycles. The van der Waals surface area contributed by atoms with E-state index in [0.29, 0.717) is 5.76 Å². The molecule has 24 heavy (non-hydrogen) atoms. The molecule has 0 spiro atoms. The fourth-order valence-corrected chi connectivity index (χ4v) is 1.88. The van der Waals surface area contributed by atoms with Crippen LogP contribution < -0.4 is 10.6 Å². The number of benzene rings is 1. The molecule has 0 aliphatic heterocycles. The summed E-state index contributed by atoms with van der Waals surface area (Å²) in [5.41, 5.74) is 0.349. The smallest absolute Gasteiger partial charge is 0.275 e. The predicted octanol–water partition coefficient (Wildman–Crippen LogP) is 3.05. The lowest BCUT2D eigenvalue weighted by Gasteiger charge is -2.07. The first-order valence-corrected chi connectivity index (χ1v) is 6.80. The Morgan fingerprint density at radius 1 is 1.08 bits per heavy atom. The number of amides is 1. The first-order valence-electron chi connectivity index (χ1n) is 6.80. The van der Waals surface area contributed by atoms with Crippen molar-refractivity contribution in [2.45, 2.75) is 6.92 Å². The van der Waals surface area contributed by atoms with Crippen molar-refractivity contribution in [3.63, 3.8) is 0 Å². The maximum atomic E-state index is 13.2. The number of aromatic nitrogens is 3. The Kier molecular flexibility index (Phi) is 4.15. The molecular weight excluding hydrogens is 320 g/mol. The van der Waals surface area contributed by atoms with Crippen LogP contribution in [-0.2, 0) is 0 Å². The zero-order valence-corrected chi connectivity index (χ0v) is 12.4. The van der Waals surface area contributed by atoms with E-state index < -0.39 is 17.5 Å². The van der Waals surface area contributed by atoms with E-state index in [1.807, 2.05) is 0 Å². The second-order valence-electron chi connectivity index (χ2n) is 4.82. The normalized spacial score (nSPS) is 10.5. The first kappa shape index (κ1) is 15.5. The van der Waals surface area contributed by atoms with E-state index in [1.165, 1.54) is 18.5 Å². The minimum atomic E-state index is -0.992. The molecule has 122 valence electrons. The zero-order valence-electron chi connectivity index (χ0n) is 12.4. The van der Waals surface area contributed by atoms with E-state index in [4.69, 9.17) is 4.52 Å². The largest absolute Gasteiger partial charge is 0.360 e. The van der Waals surface area contributed by atoms with Crippen molar-refractivity contribution in [3.05, 3.63) is 59.7 Å².